The molecule has 0 amide bonds. The number of nitrogens with zero attached hydrogens (tertiary/aromatic N) is 3. The van der Waals surface area contributed by atoms with Gasteiger partial charge in [-0.2, -0.15) is 0 Å². The second-order valence-electron chi connectivity index (χ2n) is 4.43. The minimum Gasteiger partial charge on any atom is -0.314 e. The van der Waals surface area contributed by atoms with Gasteiger partial charge in [0.25, 0.3) is 0 Å². The Bertz CT molecular complexity index is 490. The number of hydrogen-bond donors (Lipinski definition) is 1. The summed E-state index contributed by atoms with van der Waals surface area (Å²) in [6.45, 7) is 5.61. The number of piperazine rings is 1. The highest BCUT2D eigenvalue weighted by atomic mass is 16.6. The number of hydrogen-bond acceptors (Lipinski definition) is 5. The first-order chi connectivity index (χ1) is 8.42. The third-order valence-corrected chi connectivity index (χ3v) is 3.24. The lowest BCUT2D eigenvalue weighted by Gasteiger charge is -2.27. The van der Waals surface area contributed by atoms with E-state index >= 15 is 0 Å². The Hall–Kier alpha value is -1.46. The van der Waals surface area contributed by atoms with E-state index in [4.69, 9.17) is 4.63 Å². The third-order valence-electron chi connectivity index (χ3n) is 3.24. The summed E-state index contributed by atoms with van der Waals surface area (Å²) < 4.78 is 4.70. The van der Waals surface area contributed by atoms with Crippen LogP contribution < -0.4 is 5.32 Å². The second-order valence-corrected chi connectivity index (χ2v) is 4.43. The largest absolute Gasteiger partial charge is 0.314 e. The van der Waals surface area contributed by atoms with E-state index in [0.717, 1.165) is 50.2 Å². The average molecular weight is 232 g/mol. The van der Waals surface area contributed by atoms with E-state index in [1.807, 2.05) is 6.07 Å². The van der Waals surface area contributed by atoms with Crippen LogP contribution in [0.1, 0.15) is 5.56 Å². The van der Waals surface area contributed by atoms with Crippen LogP contribution in [0.2, 0.25) is 0 Å². The molecule has 17 heavy (non-hydrogen) atoms. The molecule has 90 valence electrons. The van der Waals surface area contributed by atoms with Gasteiger partial charge >= 0.3 is 0 Å². The van der Waals surface area contributed by atoms with Crippen LogP contribution in [-0.4, -0.2) is 47.9 Å². The standard InChI is InChI=1S/C12H16N4O/c1-2-11-12(15-17-14-11)9-10(1)3-6-16-7-4-13-5-8-16/h1-2,9,13H,3-8H2. The molecule has 1 aliphatic heterocycles. The van der Waals surface area contributed by atoms with Gasteiger partial charge in [0.05, 0.1) is 0 Å². The molecule has 0 aliphatic carbocycles. The Morgan fingerprint density at radius 2 is 2.00 bits per heavy atom. The monoisotopic (exact) mass is 232 g/mol. The summed E-state index contributed by atoms with van der Waals surface area (Å²) >= 11 is 0. The zero-order valence-electron chi connectivity index (χ0n) is 9.72. The minimum atomic E-state index is 0.830. The second kappa shape index (κ2) is 4.81. The Morgan fingerprint density at radius 3 is 2.88 bits per heavy atom. The summed E-state index contributed by atoms with van der Waals surface area (Å²) in [4.78, 5) is 2.49. The van der Waals surface area contributed by atoms with Gasteiger partial charge in [-0.1, -0.05) is 6.07 Å². The number of rotatable bonds is 3. The smallest absolute Gasteiger partial charge is 0.135 e. The lowest BCUT2D eigenvalue weighted by atomic mass is 10.1. The van der Waals surface area contributed by atoms with Crippen molar-refractivity contribution in [2.24, 2.45) is 0 Å². The number of benzene rings is 1. The average Bonchev–Trinajstić information content (AvgIpc) is 2.85. The fraction of sp³-hybridized carbons (Fsp3) is 0.500. The van der Waals surface area contributed by atoms with E-state index in [0.29, 0.717) is 0 Å². The predicted molar refractivity (Wildman–Crippen MR) is 64.8 cm³/mol. The summed E-state index contributed by atoms with van der Waals surface area (Å²) in [7, 11) is 0. The number of aromatic nitrogens is 2. The van der Waals surface area contributed by atoms with Gasteiger partial charge in [0, 0.05) is 32.7 Å². The first-order valence-electron chi connectivity index (χ1n) is 6.06. The molecule has 0 unspecified atom stereocenters. The molecule has 0 atom stereocenters. The van der Waals surface area contributed by atoms with Crippen molar-refractivity contribution < 1.29 is 4.63 Å². The van der Waals surface area contributed by atoms with Crippen molar-refractivity contribution in [1.82, 2.24) is 20.5 Å². The van der Waals surface area contributed by atoms with Gasteiger partial charge < -0.3 is 10.2 Å². The lowest BCUT2D eigenvalue weighted by molar-refractivity contribution is 0.244. The summed E-state index contributed by atoms with van der Waals surface area (Å²) in [5.41, 5.74) is 2.98. The molecule has 1 aromatic heterocycles. The van der Waals surface area contributed by atoms with Crippen molar-refractivity contribution in [3.05, 3.63) is 23.8 Å². The maximum Gasteiger partial charge on any atom is 0.135 e. The highest BCUT2D eigenvalue weighted by Crippen LogP contribution is 2.12. The highest BCUT2D eigenvalue weighted by Gasteiger charge is 2.09. The van der Waals surface area contributed by atoms with Crippen molar-refractivity contribution in [1.29, 1.82) is 0 Å². The zero-order valence-corrected chi connectivity index (χ0v) is 9.72. The van der Waals surface area contributed by atoms with Crippen LogP contribution in [0.15, 0.2) is 22.8 Å². The fourth-order valence-corrected chi connectivity index (χ4v) is 2.21. The molecule has 0 spiro atoms. The Morgan fingerprint density at radius 1 is 1.18 bits per heavy atom. The van der Waals surface area contributed by atoms with Crippen LogP contribution in [0.3, 0.4) is 0 Å². The lowest BCUT2D eigenvalue weighted by Crippen LogP contribution is -2.44. The topological polar surface area (TPSA) is 54.2 Å². The SMILES string of the molecule is c1cc2nonc2cc1CCN1CCNCC1. The Labute approximate surface area is 99.7 Å². The predicted octanol–water partition coefficient (Wildman–Crippen LogP) is 0.670. The molecule has 1 aliphatic rings. The fourth-order valence-electron chi connectivity index (χ4n) is 2.21. The van der Waals surface area contributed by atoms with Crippen LogP contribution in [0, 0.1) is 0 Å². The van der Waals surface area contributed by atoms with E-state index in [9.17, 15) is 0 Å². The van der Waals surface area contributed by atoms with E-state index < -0.39 is 0 Å². The summed E-state index contributed by atoms with van der Waals surface area (Å²) in [6.07, 6.45) is 1.06. The molecule has 0 saturated carbocycles. The molecule has 1 saturated heterocycles. The molecule has 2 aromatic rings. The normalized spacial score (nSPS) is 17.6. The van der Waals surface area contributed by atoms with Gasteiger partial charge in [-0.3, -0.25) is 0 Å². The molecular weight excluding hydrogens is 216 g/mol. The van der Waals surface area contributed by atoms with Crippen LogP contribution in [0.25, 0.3) is 11.0 Å². The maximum atomic E-state index is 4.70. The van der Waals surface area contributed by atoms with Gasteiger partial charge in [0.2, 0.25) is 0 Å². The Balaban J connectivity index is 1.63. The molecule has 1 aromatic carbocycles. The maximum absolute atomic E-state index is 4.70. The first-order valence-corrected chi connectivity index (χ1v) is 6.06. The highest BCUT2D eigenvalue weighted by molar-refractivity contribution is 5.73. The Kier molecular flexibility index (Phi) is 3.02. The molecule has 0 bridgehead atoms. The summed E-state index contributed by atoms with van der Waals surface area (Å²) in [6, 6.07) is 6.14. The van der Waals surface area contributed by atoms with Gasteiger partial charge in [-0.05, 0) is 34.4 Å². The van der Waals surface area contributed by atoms with Gasteiger partial charge in [-0.25, -0.2) is 4.63 Å². The van der Waals surface area contributed by atoms with Crippen molar-refractivity contribution in [2.75, 3.05) is 32.7 Å². The molecule has 1 fully saturated rings. The summed E-state index contributed by atoms with van der Waals surface area (Å²) in [5, 5.41) is 11.0. The molecular formula is C12H16N4O. The number of nitrogens with one attached hydrogen (secondary N) is 1. The molecule has 5 nitrogen and oxygen atoms in total. The van der Waals surface area contributed by atoms with E-state index in [1.54, 1.807) is 0 Å². The minimum absolute atomic E-state index is 0.830. The molecule has 3 rings (SSSR count). The van der Waals surface area contributed by atoms with Crippen molar-refractivity contribution in [2.45, 2.75) is 6.42 Å². The van der Waals surface area contributed by atoms with Crippen molar-refractivity contribution >= 4 is 11.0 Å². The third kappa shape index (κ3) is 2.45. The van der Waals surface area contributed by atoms with Crippen LogP contribution >= 0.6 is 0 Å². The zero-order chi connectivity index (χ0) is 11.5. The molecule has 5 heteroatoms. The quantitative estimate of drug-likeness (QED) is 0.843. The molecule has 0 radical (unpaired) electrons. The van der Waals surface area contributed by atoms with Crippen molar-refractivity contribution in [3.63, 3.8) is 0 Å². The van der Waals surface area contributed by atoms with Crippen LogP contribution in [-0.2, 0) is 6.42 Å². The van der Waals surface area contributed by atoms with E-state index in [-0.39, 0.29) is 0 Å². The molecule has 2 heterocycles. The van der Waals surface area contributed by atoms with E-state index in [1.165, 1.54) is 5.56 Å². The van der Waals surface area contributed by atoms with Gasteiger partial charge in [-0.15, -0.1) is 0 Å². The van der Waals surface area contributed by atoms with Gasteiger partial charge in [0.1, 0.15) is 11.0 Å². The molecule has 1 N–H and O–H groups in total. The van der Waals surface area contributed by atoms with E-state index in [2.05, 4.69) is 32.7 Å². The number of fused-ring (bicyclic) bond motifs is 1. The van der Waals surface area contributed by atoms with Crippen LogP contribution in [0.4, 0.5) is 0 Å². The van der Waals surface area contributed by atoms with Gasteiger partial charge in [0.15, 0.2) is 0 Å². The summed E-state index contributed by atoms with van der Waals surface area (Å²) in [5.74, 6) is 0. The van der Waals surface area contributed by atoms with Crippen LogP contribution in [0.5, 0.6) is 0 Å². The first kappa shape index (κ1) is 10.7. The van der Waals surface area contributed by atoms with Crippen molar-refractivity contribution in [3.8, 4) is 0 Å².